The van der Waals surface area contributed by atoms with Gasteiger partial charge in [0.2, 0.25) is 5.43 Å². The Kier molecular flexibility index (Phi) is 9.45. The molecule has 0 radical (unpaired) electrons. The maximum Gasteiger partial charge on any atom is 0.311 e. The zero-order chi connectivity index (χ0) is 28.0. The molecule has 0 saturated carbocycles. The van der Waals surface area contributed by atoms with Crippen molar-refractivity contribution in [2.24, 2.45) is 17.8 Å². The maximum atomic E-state index is 13.6. The first kappa shape index (κ1) is 28.6. The number of benzene rings is 2. The van der Waals surface area contributed by atoms with E-state index < -0.39 is 17.4 Å². The first-order valence-corrected chi connectivity index (χ1v) is 12.7. The fourth-order valence-corrected chi connectivity index (χ4v) is 3.74. The summed E-state index contributed by atoms with van der Waals surface area (Å²) in [6, 6.07) is 9.26. The van der Waals surface area contributed by atoms with Crippen LogP contribution in [0.2, 0.25) is 0 Å². The lowest BCUT2D eigenvalue weighted by Crippen LogP contribution is -2.15. The van der Waals surface area contributed by atoms with Crippen LogP contribution in [-0.4, -0.2) is 17.9 Å². The van der Waals surface area contributed by atoms with E-state index in [0.29, 0.717) is 17.7 Å². The minimum atomic E-state index is -0.524. The predicted octanol–water partition coefficient (Wildman–Crippen LogP) is 6.31. The highest BCUT2D eigenvalue weighted by atomic mass is 16.5. The molecule has 8 nitrogen and oxygen atoms in total. The summed E-state index contributed by atoms with van der Waals surface area (Å²) in [5.41, 5.74) is 0.433. The van der Waals surface area contributed by atoms with Gasteiger partial charge >= 0.3 is 17.9 Å². The molecule has 0 fully saturated rings. The topological polar surface area (TPSA) is 109 Å². The number of hydrogen-bond donors (Lipinski definition) is 0. The zero-order valence-electron chi connectivity index (χ0n) is 22.7. The fraction of sp³-hybridized carbons (Fsp3) is 0.400. The van der Waals surface area contributed by atoms with Crippen LogP contribution in [0.1, 0.15) is 60.8 Å². The van der Waals surface area contributed by atoms with E-state index >= 15 is 0 Å². The van der Waals surface area contributed by atoms with Crippen LogP contribution in [-0.2, 0) is 14.4 Å². The van der Waals surface area contributed by atoms with Crippen LogP contribution in [0, 0.1) is 17.8 Å². The Morgan fingerprint density at radius 3 is 1.74 bits per heavy atom. The van der Waals surface area contributed by atoms with E-state index in [1.807, 2.05) is 41.5 Å². The van der Waals surface area contributed by atoms with Crippen LogP contribution in [0.3, 0.4) is 0 Å². The van der Waals surface area contributed by atoms with Crippen LogP contribution in [0.15, 0.2) is 51.9 Å². The second-order valence-electron chi connectivity index (χ2n) is 10.5. The molecule has 0 aliphatic heterocycles. The summed E-state index contributed by atoms with van der Waals surface area (Å²) >= 11 is 0. The highest BCUT2D eigenvalue weighted by molar-refractivity contribution is 5.91. The zero-order valence-corrected chi connectivity index (χ0v) is 22.7. The SMILES string of the molecule is CC(C)CC(=O)Oc1ccc(-c2coc3cc(OC(=O)CC(C)C)cc(OC(=O)CC(C)C)c3c2=O)cc1. The van der Waals surface area contributed by atoms with Crippen molar-refractivity contribution in [3.63, 3.8) is 0 Å². The van der Waals surface area contributed by atoms with Crippen molar-refractivity contribution < 1.29 is 33.0 Å². The molecule has 3 rings (SSSR count). The quantitative estimate of drug-likeness (QED) is 0.225. The van der Waals surface area contributed by atoms with E-state index in [9.17, 15) is 19.2 Å². The van der Waals surface area contributed by atoms with Crippen molar-refractivity contribution in [2.75, 3.05) is 0 Å². The molecule has 0 N–H and O–H groups in total. The Bertz CT molecular complexity index is 1360. The molecule has 202 valence electrons. The molecule has 0 unspecified atom stereocenters. The van der Waals surface area contributed by atoms with Gasteiger partial charge < -0.3 is 18.6 Å². The number of ether oxygens (including phenoxy) is 3. The highest BCUT2D eigenvalue weighted by Crippen LogP contribution is 2.32. The first-order chi connectivity index (χ1) is 17.9. The summed E-state index contributed by atoms with van der Waals surface area (Å²) in [6.07, 6.45) is 1.93. The fourth-order valence-electron chi connectivity index (χ4n) is 3.74. The standard InChI is InChI=1S/C30H34O8/c1-17(2)11-26(31)36-21-9-7-20(8-10-21)23-16-35-24-14-22(37-27(32)12-18(3)4)15-25(29(24)30(23)34)38-28(33)13-19(5)6/h7-10,14-19H,11-13H2,1-6H3. The van der Waals surface area contributed by atoms with Gasteiger partial charge in [0.25, 0.3) is 0 Å². The predicted molar refractivity (Wildman–Crippen MR) is 143 cm³/mol. The van der Waals surface area contributed by atoms with Crippen molar-refractivity contribution in [3.8, 4) is 28.4 Å². The van der Waals surface area contributed by atoms with Gasteiger partial charge in [0.1, 0.15) is 34.5 Å². The van der Waals surface area contributed by atoms with Crippen molar-refractivity contribution >= 4 is 28.9 Å². The Morgan fingerprint density at radius 1 is 0.711 bits per heavy atom. The molecular weight excluding hydrogens is 488 g/mol. The van der Waals surface area contributed by atoms with E-state index in [-0.39, 0.29) is 64.6 Å². The Labute approximate surface area is 221 Å². The van der Waals surface area contributed by atoms with Crippen LogP contribution in [0.4, 0.5) is 0 Å². The molecule has 0 aliphatic rings. The van der Waals surface area contributed by atoms with Crippen molar-refractivity contribution in [3.05, 3.63) is 52.9 Å². The summed E-state index contributed by atoms with van der Waals surface area (Å²) in [5.74, 6) is -0.577. The Morgan fingerprint density at radius 2 is 1.21 bits per heavy atom. The minimum absolute atomic E-state index is 0.0425. The molecule has 38 heavy (non-hydrogen) atoms. The van der Waals surface area contributed by atoms with Crippen molar-refractivity contribution in [2.45, 2.75) is 60.8 Å². The average Bonchev–Trinajstić information content (AvgIpc) is 2.78. The Hall–Kier alpha value is -3.94. The van der Waals surface area contributed by atoms with Gasteiger partial charge in [-0.25, -0.2) is 0 Å². The minimum Gasteiger partial charge on any atom is -0.463 e. The summed E-state index contributed by atoms with van der Waals surface area (Å²) < 4.78 is 22.1. The van der Waals surface area contributed by atoms with Gasteiger partial charge in [-0.1, -0.05) is 53.7 Å². The number of carbonyl (C=O) groups is 3. The van der Waals surface area contributed by atoms with Crippen LogP contribution in [0.5, 0.6) is 17.2 Å². The second kappa shape index (κ2) is 12.5. The van der Waals surface area contributed by atoms with E-state index in [1.54, 1.807) is 24.3 Å². The number of esters is 3. The highest BCUT2D eigenvalue weighted by Gasteiger charge is 2.20. The largest absolute Gasteiger partial charge is 0.463 e. The lowest BCUT2D eigenvalue weighted by Gasteiger charge is -2.12. The van der Waals surface area contributed by atoms with Crippen molar-refractivity contribution in [1.29, 1.82) is 0 Å². The Balaban J connectivity index is 2.01. The van der Waals surface area contributed by atoms with Crippen LogP contribution in [0.25, 0.3) is 22.1 Å². The number of rotatable bonds is 10. The van der Waals surface area contributed by atoms with Crippen LogP contribution < -0.4 is 19.6 Å². The van der Waals surface area contributed by atoms with Gasteiger partial charge in [-0.2, -0.15) is 0 Å². The summed E-state index contributed by atoms with van der Waals surface area (Å²) in [4.78, 5) is 50.3. The maximum absolute atomic E-state index is 13.6. The number of fused-ring (bicyclic) bond motifs is 1. The van der Waals surface area contributed by atoms with Gasteiger partial charge in [-0.3, -0.25) is 19.2 Å². The van der Waals surface area contributed by atoms with Gasteiger partial charge in [-0.15, -0.1) is 0 Å². The molecule has 0 aliphatic carbocycles. The molecule has 0 bridgehead atoms. The third-order valence-electron chi connectivity index (χ3n) is 5.39. The normalized spacial score (nSPS) is 11.3. The summed E-state index contributed by atoms with van der Waals surface area (Å²) in [5, 5.41) is 0.0516. The lowest BCUT2D eigenvalue weighted by atomic mass is 10.0. The van der Waals surface area contributed by atoms with Gasteiger partial charge in [0, 0.05) is 31.4 Å². The molecule has 1 aromatic heterocycles. The smallest absolute Gasteiger partial charge is 0.311 e. The second-order valence-corrected chi connectivity index (χ2v) is 10.5. The summed E-state index contributed by atoms with van der Waals surface area (Å²) in [6.45, 7) is 11.4. The molecule has 0 amide bonds. The summed E-state index contributed by atoms with van der Waals surface area (Å²) in [7, 11) is 0. The van der Waals surface area contributed by atoms with E-state index in [2.05, 4.69) is 0 Å². The molecular formula is C30H34O8. The molecule has 3 aromatic rings. The molecule has 2 aromatic carbocycles. The van der Waals surface area contributed by atoms with Gasteiger partial charge in [0.05, 0.1) is 5.56 Å². The molecule has 0 spiro atoms. The third-order valence-corrected chi connectivity index (χ3v) is 5.39. The molecule has 1 heterocycles. The van der Waals surface area contributed by atoms with E-state index in [1.165, 1.54) is 18.4 Å². The van der Waals surface area contributed by atoms with Crippen molar-refractivity contribution in [1.82, 2.24) is 0 Å². The van der Waals surface area contributed by atoms with E-state index in [0.717, 1.165) is 0 Å². The van der Waals surface area contributed by atoms with E-state index in [4.69, 9.17) is 18.6 Å². The number of hydrogen-bond acceptors (Lipinski definition) is 8. The van der Waals surface area contributed by atoms with Gasteiger partial charge in [0.15, 0.2) is 0 Å². The third kappa shape index (κ3) is 7.78. The lowest BCUT2D eigenvalue weighted by molar-refractivity contribution is -0.136. The molecule has 8 heteroatoms. The molecule has 0 saturated heterocycles. The van der Waals surface area contributed by atoms with Crippen LogP contribution >= 0.6 is 0 Å². The monoisotopic (exact) mass is 522 g/mol. The number of carbonyl (C=O) groups excluding carboxylic acids is 3. The molecule has 0 atom stereocenters. The average molecular weight is 523 g/mol. The van der Waals surface area contributed by atoms with Gasteiger partial charge in [-0.05, 0) is 35.4 Å². The first-order valence-electron chi connectivity index (χ1n) is 12.7.